The van der Waals surface area contributed by atoms with Crippen molar-refractivity contribution in [2.75, 3.05) is 0 Å². The highest BCUT2D eigenvalue weighted by atomic mass is 127. The van der Waals surface area contributed by atoms with Crippen molar-refractivity contribution in [3.8, 4) is 17.2 Å². The van der Waals surface area contributed by atoms with Gasteiger partial charge in [0, 0.05) is 13.6 Å². The number of phenols is 1. The second kappa shape index (κ2) is 10.3. The fraction of sp³-hybridized carbons (Fsp3) is 0.133. The fourth-order valence-electron chi connectivity index (χ4n) is 1.87. The minimum Gasteiger partial charge on any atom is -0.508 e. The molecule has 0 aromatic heterocycles. The summed E-state index contributed by atoms with van der Waals surface area (Å²) in [6.07, 6.45) is 0.261. The Balaban J connectivity index is 0.00000312. The molecule has 10 heteroatoms. The van der Waals surface area contributed by atoms with Crippen LogP contribution in [0, 0.1) is 14.3 Å². The van der Waals surface area contributed by atoms with E-state index in [0.717, 1.165) is 19.8 Å². The van der Waals surface area contributed by atoms with E-state index in [2.05, 4.69) is 90.4 Å². The zero-order valence-corrected chi connectivity index (χ0v) is 21.7. The van der Waals surface area contributed by atoms with Crippen molar-refractivity contribution in [1.82, 2.24) is 0 Å². The van der Waals surface area contributed by atoms with Gasteiger partial charge >= 0.3 is 5.97 Å². The van der Waals surface area contributed by atoms with Crippen LogP contribution in [-0.4, -0.2) is 22.2 Å². The third kappa shape index (κ3) is 5.83. The lowest BCUT2D eigenvalue weighted by atomic mass is 10.1. The second-order valence-corrected chi connectivity index (χ2v) is 9.12. The van der Waals surface area contributed by atoms with E-state index in [1.54, 1.807) is 24.3 Å². The van der Waals surface area contributed by atoms with Crippen LogP contribution < -0.4 is 10.5 Å². The smallest absolute Gasteiger partial charge is 0.320 e. The molecular weight excluding hydrogens is 801 g/mol. The number of phenolic OH excluding ortho intramolecular Hbond substituents is 1. The molecule has 0 aliphatic carbocycles. The number of nitrogens with two attached hydrogens (primary N) is 1. The molecule has 0 bridgehead atoms. The predicted molar refractivity (Wildman–Crippen MR) is 132 cm³/mol. The molecule has 0 amide bonds. The monoisotopic (exact) mass is 813 g/mol. The minimum absolute atomic E-state index is 0. The van der Waals surface area contributed by atoms with Crippen LogP contribution >= 0.6 is 103 Å². The quantitative estimate of drug-likeness (QED) is 0.293. The molecule has 0 spiro atoms. The number of rotatable bonds is 5. The molecule has 5 nitrogen and oxygen atoms in total. The largest absolute Gasteiger partial charge is 0.508 e. The summed E-state index contributed by atoms with van der Waals surface area (Å²) in [5.41, 5.74) is 6.61. The van der Waals surface area contributed by atoms with E-state index in [0.29, 0.717) is 11.5 Å². The van der Waals surface area contributed by atoms with Gasteiger partial charge in [-0.15, -0.1) is 12.4 Å². The van der Waals surface area contributed by atoms with E-state index >= 15 is 0 Å². The van der Waals surface area contributed by atoms with E-state index in [4.69, 9.17) is 15.6 Å². The van der Waals surface area contributed by atoms with Crippen molar-refractivity contribution in [1.29, 1.82) is 0 Å². The molecule has 0 aliphatic heterocycles. The second-order valence-electron chi connectivity index (χ2n) is 4.81. The van der Waals surface area contributed by atoms with E-state index in [1.165, 1.54) is 0 Å². The van der Waals surface area contributed by atoms with Crippen LogP contribution in [0.2, 0.25) is 0 Å². The van der Waals surface area contributed by atoms with Crippen molar-refractivity contribution >= 4 is 109 Å². The van der Waals surface area contributed by atoms with Gasteiger partial charge in [-0.05, 0) is 120 Å². The Hall–Kier alpha value is 0.680. The number of benzene rings is 2. The summed E-state index contributed by atoms with van der Waals surface area (Å²) in [5.74, 6) is 0.485. The number of carboxylic acids is 1. The van der Waals surface area contributed by atoms with Crippen molar-refractivity contribution in [2.45, 2.75) is 12.5 Å². The molecule has 0 heterocycles. The molecule has 0 saturated carbocycles. The zero-order valence-electron chi connectivity index (χ0n) is 12.3. The first-order valence-electron chi connectivity index (χ1n) is 6.52. The summed E-state index contributed by atoms with van der Waals surface area (Å²) in [4.78, 5) is 11.1. The summed E-state index contributed by atoms with van der Waals surface area (Å²) in [7, 11) is 0. The Morgan fingerprint density at radius 2 is 1.52 bits per heavy atom. The molecule has 0 saturated heterocycles. The van der Waals surface area contributed by atoms with Gasteiger partial charge in [-0.25, -0.2) is 0 Å². The highest BCUT2D eigenvalue weighted by molar-refractivity contribution is 14.1. The number of hydrogen-bond acceptors (Lipinski definition) is 4. The molecule has 2 rings (SSSR count). The summed E-state index contributed by atoms with van der Waals surface area (Å²) < 4.78 is 9.65. The Morgan fingerprint density at radius 3 is 1.96 bits per heavy atom. The number of aromatic hydroxyl groups is 1. The topological polar surface area (TPSA) is 92.8 Å². The van der Waals surface area contributed by atoms with Crippen LogP contribution in [0.1, 0.15) is 5.56 Å². The van der Waals surface area contributed by atoms with Crippen molar-refractivity contribution in [2.24, 2.45) is 5.73 Å². The molecule has 0 radical (unpaired) electrons. The average molecular weight is 813 g/mol. The third-order valence-corrected chi connectivity index (χ3v) is 9.62. The van der Waals surface area contributed by atoms with Gasteiger partial charge in [0.1, 0.15) is 17.5 Å². The average Bonchev–Trinajstić information content (AvgIpc) is 2.55. The van der Waals surface area contributed by atoms with Gasteiger partial charge in [0.25, 0.3) is 0 Å². The predicted octanol–water partition coefficient (Wildman–Crippen LogP) is 4.98. The van der Waals surface area contributed by atoms with Gasteiger partial charge in [-0.3, -0.25) is 4.79 Å². The maximum absolute atomic E-state index is 11.1. The summed E-state index contributed by atoms with van der Waals surface area (Å²) in [6, 6.07) is 5.56. The van der Waals surface area contributed by atoms with Crippen molar-refractivity contribution in [3.05, 3.63) is 44.1 Å². The Bertz CT molecular complexity index is 757. The first-order chi connectivity index (χ1) is 11.2. The lowest BCUT2D eigenvalue weighted by Gasteiger charge is -2.18. The molecule has 0 fully saturated rings. The van der Waals surface area contributed by atoms with E-state index in [1.807, 2.05) is 0 Å². The van der Waals surface area contributed by atoms with E-state index in [9.17, 15) is 9.90 Å². The van der Waals surface area contributed by atoms with E-state index in [-0.39, 0.29) is 24.6 Å². The normalized spacial score (nSPS) is 11.6. The molecule has 136 valence electrons. The van der Waals surface area contributed by atoms with Gasteiger partial charge in [0.05, 0.1) is 7.14 Å². The molecule has 2 aromatic rings. The third-order valence-electron chi connectivity index (χ3n) is 3.11. The maximum Gasteiger partial charge on any atom is 0.320 e. The molecule has 4 N–H and O–H groups in total. The summed E-state index contributed by atoms with van der Waals surface area (Å²) in [5, 5.41) is 18.4. The van der Waals surface area contributed by atoms with Crippen LogP contribution in [0.25, 0.3) is 0 Å². The minimum atomic E-state index is -1.02. The van der Waals surface area contributed by atoms with Crippen LogP contribution in [0.15, 0.2) is 24.3 Å². The first kappa shape index (κ1) is 23.7. The van der Waals surface area contributed by atoms with Crippen LogP contribution in [0.3, 0.4) is 0 Å². The van der Waals surface area contributed by atoms with Gasteiger partial charge in [0.15, 0.2) is 5.75 Å². The number of carbonyl (C=O) groups is 1. The lowest BCUT2D eigenvalue weighted by Crippen LogP contribution is -2.33. The standard InChI is InChI=1S/C15H11I4NO4.ClH/c16-10-8(5-9(20)15(22)23)11(17)13(19)14(12(10)18)24-7-3-1-6(21)2-4-7;/h1-4,9,21H,5,20H2,(H,22,23);1H. The van der Waals surface area contributed by atoms with Gasteiger partial charge in [-0.1, -0.05) is 0 Å². The molecule has 0 aliphatic rings. The van der Waals surface area contributed by atoms with E-state index < -0.39 is 12.0 Å². The number of halogens is 5. The number of carboxylic acid groups (broad SMARTS) is 1. The Morgan fingerprint density at radius 1 is 1.04 bits per heavy atom. The maximum atomic E-state index is 11.1. The number of aliphatic carboxylic acids is 1. The molecule has 1 atom stereocenters. The highest BCUT2D eigenvalue weighted by Crippen LogP contribution is 2.40. The molecular formula is C15H12ClI4NO4. The van der Waals surface area contributed by atoms with Gasteiger partial charge < -0.3 is 20.7 Å². The molecule has 1 unspecified atom stereocenters. The lowest BCUT2D eigenvalue weighted by molar-refractivity contribution is -0.138. The molecule has 2 aromatic carbocycles. The van der Waals surface area contributed by atoms with Gasteiger partial charge in [-0.2, -0.15) is 0 Å². The van der Waals surface area contributed by atoms with Crippen molar-refractivity contribution in [3.63, 3.8) is 0 Å². The zero-order chi connectivity index (χ0) is 18.0. The van der Waals surface area contributed by atoms with Crippen LogP contribution in [-0.2, 0) is 11.2 Å². The summed E-state index contributed by atoms with van der Waals surface area (Å²) in [6.45, 7) is 0. The van der Waals surface area contributed by atoms with Crippen LogP contribution in [0.4, 0.5) is 0 Å². The highest BCUT2D eigenvalue weighted by Gasteiger charge is 2.23. The summed E-state index contributed by atoms with van der Waals surface area (Å²) >= 11 is 8.77. The fourth-order valence-corrected chi connectivity index (χ4v) is 5.78. The number of ether oxygens (including phenoxy) is 1. The van der Waals surface area contributed by atoms with Crippen LogP contribution in [0.5, 0.6) is 17.2 Å². The van der Waals surface area contributed by atoms with Gasteiger partial charge in [0.2, 0.25) is 0 Å². The van der Waals surface area contributed by atoms with Crippen molar-refractivity contribution < 1.29 is 19.7 Å². The SMILES string of the molecule is Cl.NC(Cc1c(I)c(I)c(Oc2ccc(O)cc2)c(I)c1I)C(=O)O. The number of hydrogen-bond donors (Lipinski definition) is 3. The Labute approximate surface area is 205 Å². The first-order valence-corrected chi connectivity index (χ1v) is 10.8. The Kier molecular flexibility index (Phi) is 9.76. The molecule has 25 heavy (non-hydrogen) atoms.